The van der Waals surface area contributed by atoms with Gasteiger partial charge in [0.25, 0.3) is 0 Å². The molecule has 0 spiro atoms. The molecule has 0 amide bonds. The van der Waals surface area contributed by atoms with Gasteiger partial charge in [0.15, 0.2) is 0 Å². The van der Waals surface area contributed by atoms with E-state index in [1.807, 2.05) is 132 Å². The van der Waals surface area contributed by atoms with Crippen molar-refractivity contribution < 1.29 is 70.6 Å². The summed E-state index contributed by atoms with van der Waals surface area (Å²) in [5, 5.41) is 0. The van der Waals surface area contributed by atoms with Crippen LogP contribution in [0.15, 0.2) is 0 Å². The van der Waals surface area contributed by atoms with E-state index < -0.39 is 59.0 Å². The van der Waals surface area contributed by atoms with Crippen molar-refractivity contribution in [1.82, 2.24) is 0 Å². The van der Waals surface area contributed by atoms with Crippen molar-refractivity contribution >= 4 is 0 Å². The molecular weight excluding hydrogens is 1900 g/mol. The van der Waals surface area contributed by atoms with Gasteiger partial charge < -0.3 is 4.74 Å². The number of alkyl halides is 15. The number of hydrogen-bond acceptors (Lipinski definition) is 1. The van der Waals surface area contributed by atoms with E-state index >= 15 is 0 Å². The summed E-state index contributed by atoms with van der Waals surface area (Å²) in [7, 11) is 0. The molecule has 1 saturated carbocycles. The second kappa shape index (κ2) is 73.8. The highest BCUT2D eigenvalue weighted by Gasteiger charge is 2.42. The van der Waals surface area contributed by atoms with Crippen molar-refractivity contribution in [2.75, 3.05) is 13.2 Å². The molecule has 0 N–H and O–H groups in total. The largest absolute Gasteiger partial charge is 0.380 e. The molecule has 149 heavy (non-hydrogen) atoms. The maximum absolute atomic E-state index is 13.3. The van der Waals surface area contributed by atoms with Crippen molar-refractivity contribution in [2.24, 2.45) is 121 Å². The Balaban J connectivity index is -0.000000109. The Morgan fingerprint density at radius 1 is 0.215 bits per heavy atom. The summed E-state index contributed by atoms with van der Waals surface area (Å²) in [5.74, 6) is -7.31. The summed E-state index contributed by atoms with van der Waals surface area (Å²) in [4.78, 5) is 0. The monoisotopic (exact) mass is 2180 g/mol. The summed E-state index contributed by atoms with van der Waals surface area (Å²) in [6.07, 6.45) is 16.3. The van der Waals surface area contributed by atoms with Gasteiger partial charge in [-0.15, -0.1) is 0 Å². The van der Waals surface area contributed by atoms with Gasteiger partial charge in [0.1, 0.15) is 28.8 Å². The summed E-state index contributed by atoms with van der Waals surface area (Å²) in [5.41, 5.74) is 0.125. The lowest BCUT2D eigenvalue weighted by Crippen LogP contribution is -2.42. The van der Waals surface area contributed by atoms with Gasteiger partial charge in [-0.3, -0.25) is 0 Å². The molecule has 1 aliphatic heterocycles. The summed E-state index contributed by atoms with van der Waals surface area (Å²) in [6, 6.07) is 0. The zero-order chi connectivity index (χ0) is 125. The number of halogens is 15. The van der Waals surface area contributed by atoms with Gasteiger partial charge in [-0.05, 0) is 266 Å². The molecule has 16 heteroatoms. The summed E-state index contributed by atoms with van der Waals surface area (Å²) >= 11 is 0. The van der Waals surface area contributed by atoms with Crippen LogP contribution in [-0.2, 0) is 4.74 Å². The van der Waals surface area contributed by atoms with E-state index in [1.54, 1.807) is 55.4 Å². The Labute approximate surface area is 930 Å². The molecule has 0 aromatic carbocycles. The average molecular weight is 2180 g/mol. The maximum Gasteiger partial charge on any atom is 0.248 e. The molecule has 1 saturated heterocycles. The fraction of sp³-hybridized carbons (Fsp3) is 1.00. The number of hydrogen-bond donors (Lipinski definition) is 0. The highest BCUT2D eigenvalue weighted by molar-refractivity contribution is 4.92. The minimum atomic E-state index is -2.52. The molecule has 2 rings (SSSR count). The predicted molar refractivity (Wildman–Crippen MR) is 647 cm³/mol. The first-order chi connectivity index (χ1) is 63.8. The normalized spacial score (nSPS) is 16.3. The van der Waals surface area contributed by atoms with Crippen molar-refractivity contribution in [3.8, 4) is 0 Å². The van der Waals surface area contributed by atoms with Crippen molar-refractivity contribution in [1.29, 1.82) is 0 Å². The fourth-order valence-electron chi connectivity index (χ4n) is 18.6. The fourth-order valence-corrected chi connectivity index (χ4v) is 18.6. The van der Waals surface area contributed by atoms with Gasteiger partial charge in [0, 0.05) is 56.8 Å². The first kappa shape index (κ1) is 178. The van der Waals surface area contributed by atoms with Gasteiger partial charge in [-0.25, -0.2) is 65.9 Å². The van der Waals surface area contributed by atoms with E-state index in [4.69, 9.17) is 4.74 Å². The van der Waals surface area contributed by atoms with Crippen LogP contribution in [0.2, 0.25) is 0 Å². The Morgan fingerprint density at radius 3 is 0.456 bits per heavy atom. The van der Waals surface area contributed by atoms with Crippen LogP contribution >= 0.6 is 0 Å². The smallest absolute Gasteiger partial charge is 0.248 e. The Hall–Kier alpha value is -1.09. The van der Waals surface area contributed by atoms with Crippen molar-refractivity contribution in [2.45, 2.75) is 731 Å². The zero-order valence-electron chi connectivity index (χ0n) is 115. The molecule has 2 aliphatic rings. The molecule has 0 aromatic heterocycles. The van der Waals surface area contributed by atoms with Gasteiger partial charge in [-0.2, -0.15) is 0 Å². The zero-order valence-corrected chi connectivity index (χ0v) is 115. The first-order valence-electron chi connectivity index (χ1n) is 58.5. The highest BCUT2D eigenvalue weighted by Crippen LogP contribution is 2.53. The third-order valence-electron chi connectivity index (χ3n) is 22.0. The lowest BCUT2D eigenvalue weighted by atomic mass is 9.74. The molecule has 2 fully saturated rings. The maximum atomic E-state index is 13.3. The molecule has 1 heterocycles. The Morgan fingerprint density at radius 2 is 0.416 bits per heavy atom. The van der Waals surface area contributed by atoms with Crippen LogP contribution < -0.4 is 0 Å². The van der Waals surface area contributed by atoms with Crippen LogP contribution in [0.5, 0.6) is 0 Å². The summed E-state index contributed by atoms with van der Waals surface area (Å²) < 4.78 is 194. The molecule has 6 atom stereocenters. The lowest BCUT2D eigenvalue weighted by Gasteiger charge is -2.42. The minimum absolute atomic E-state index is 0.00694. The van der Waals surface area contributed by atoms with E-state index in [0.717, 1.165) is 43.3 Å². The van der Waals surface area contributed by atoms with E-state index in [1.165, 1.54) is 85.0 Å². The first-order valence-corrected chi connectivity index (χ1v) is 58.5. The van der Waals surface area contributed by atoms with Gasteiger partial charge in [-0.1, -0.05) is 470 Å². The van der Waals surface area contributed by atoms with E-state index in [9.17, 15) is 65.9 Å². The topological polar surface area (TPSA) is 9.23 Å². The Kier molecular flexibility index (Phi) is 88.1. The number of rotatable bonds is 24. The van der Waals surface area contributed by atoms with E-state index in [0.29, 0.717) is 101 Å². The van der Waals surface area contributed by atoms with Crippen LogP contribution in [0, 0.1) is 121 Å². The van der Waals surface area contributed by atoms with Gasteiger partial charge in [0.2, 0.25) is 30.1 Å². The molecule has 0 aromatic rings. The summed E-state index contributed by atoms with van der Waals surface area (Å²) in [6.45, 7) is 148. The lowest BCUT2D eigenvalue weighted by molar-refractivity contribution is -0.119. The molecule has 1 aliphatic carbocycles. The average Bonchev–Trinajstić information content (AvgIpc) is 1.64. The SMILES string of the molecule is CC(C)(C)CC(C)(C)C.CC(C)(C)CC(C)(C)F.CC(C)(C)CC(C)(F)F.CC(C)(C)CC(F)F.CC(C)(C)CC1(C)CC1.CC(C)(C)CC1(C)COC1.CC(C)CC(C)(C)C.CCC(C)(F)CC(C)(C)C.CCC(F)(F)CC(C)(C)C.CCC(F)(F)CC(C)(C)C.CCC(F)(F)CC(C)(C)C.CCC(F)CC(C)(C)C.CC[C@@H](C)CC(C)(C)C.CC[C@@](C)(F)CC(C)(C)C.CC[C@@](C)(F)CC(C)(C)C.CC[C@H](C)CC(C)(C)C. The molecular formula is C133H279F15O. The van der Waals surface area contributed by atoms with Gasteiger partial charge in [0.05, 0.1) is 13.2 Å². The molecule has 1 nitrogen and oxygen atoms in total. The van der Waals surface area contributed by atoms with Gasteiger partial charge >= 0.3 is 0 Å². The minimum Gasteiger partial charge on any atom is -0.380 e. The van der Waals surface area contributed by atoms with Crippen LogP contribution in [-0.4, -0.2) is 72.2 Å². The third-order valence-corrected chi connectivity index (χ3v) is 22.0. The van der Waals surface area contributed by atoms with E-state index in [-0.39, 0.29) is 106 Å². The quantitative estimate of drug-likeness (QED) is 0.0876. The molecule has 0 radical (unpaired) electrons. The predicted octanol–water partition coefficient (Wildman–Crippen LogP) is 52.4. The van der Waals surface area contributed by atoms with Crippen molar-refractivity contribution in [3.05, 3.63) is 0 Å². The van der Waals surface area contributed by atoms with Crippen LogP contribution in [0.25, 0.3) is 0 Å². The van der Waals surface area contributed by atoms with Crippen molar-refractivity contribution in [3.63, 3.8) is 0 Å². The third kappa shape index (κ3) is 192. The number of ether oxygens (including phenoxy) is 1. The van der Waals surface area contributed by atoms with E-state index in [2.05, 4.69) is 284 Å². The van der Waals surface area contributed by atoms with Crippen LogP contribution in [0.3, 0.4) is 0 Å². The molecule has 0 bridgehead atoms. The van der Waals surface area contributed by atoms with Crippen LogP contribution in [0.1, 0.15) is 672 Å². The molecule has 2 unspecified atom stereocenters. The highest BCUT2D eigenvalue weighted by atomic mass is 19.3. The van der Waals surface area contributed by atoms with Crippen LogP contribution in [0.4, 0.5) is 65.9 Å². The second-order valence-corrected chi connectivity index (χ2v) is 68.6. The Bertz CT molecular complexity index is 2570. The standard InChI is InChI=1S/3C9H19F.C9H18O.C9H18.3C9H20.3C8H16F2.2C8H17F.C8H18.C7H14F2.C6H12F2/c3*1-6-9(5,10)7-8(2,3)4;1-8(2,3)5-9(4)6-10-7-9;1-8(2,3)7-9(4)5-6-9;1-8(2,3)7-9(4,5)6;2*1-6-8(2)7-9(3,4)5;3*1-5-8(9,10)6-7(2,3)4;1-7(2,3)6-8(4,5)9;1-5-7(9)6-8(2,3)4;1-7(2)6-8(3,4)5;1-6(2,3)5-7(4,8)9;1-6(2,3)4-5(7)8/h3*6-7H2,1-5H3;5-7H2,1-4H3;5-7H2,1-4H3;7H2,1-6H3;2*8H,6-7H2,1-5H3;3*5-6H2,1-4H3;6H2,1-5H3;7H,5-6H2,1-4H3;7H,6H2,1-5H3;5H2,1-4H3;5H,4H2,1-3H3/t2*9-;;;;;2*8-;;;;;;;;/m11....10......../s1. The second-order valence-electron chi connectivity index (χ2n) is 68.6. The molecule has 922 valence electrons.